The maximum absolute atomic E-state index is 4.58. The molecule has 0 spiro atoms. The van der Waals surface area contributed by atoms with Gasteiger partial charge in [0.2, 0.25) is 0 Å². The average molecular weight is 231 g/mol. The minimum Gasteiger partial charge on any atom is -0.353 e. The highest BCUT2D eigenvalue weighted by Gasteiger charge is 2.38. The van der Waals surface area contributed by atoms with Crippen LogP contribution < -0.4 is 4.90 Å². The Morgan fingerprint density at radius 3 is 3.00 bits per heavy atom. The Hall–Kier alpha value is -1.09. The Morgan fingerprint density at radius 2 is 2.18 bits per heavy atom. The monoisotopic (exact) mass is 231 g/mol. The Kier molecular flexibility index (Phi) is 2.79. The molecule has 2 fully saturated rings. The van der Waals surface area contributed by atoms with E-state index in [1.807, 2.05) is 12.3 Å². The van der Waals surface area contributed by atoms with Gasteiger partial charge >= 0.3 is 0 Å². The van der Waals surface area contributed by atoms with Gasteiger partial charge in [0.05, 0.1) is 0 Å². The molecule has 3 nitrogen and oxygen atoms in total. The molecule has 2 atom stereocenters. The first-order valence-corrected chi connectivity index (χ1v) is 6.62. The molecule has 2 aliphatic heterocycles. The molecule has 1 unspecified atom stereocenters. The number of fused-ring (bicyclic) bond motifs is 1. The van der Waals surface area contributed by atoms with Gasteiger partial charge in [-0.15, -0.1) is 0 Å². The zero-order valence-corrected chi connectivity index (χ0v) is 10.8. The highest BCUT2D eigenvalue weighted by atomic mass is 15.3. The van der Waals surface area contributed by atoms with Crippen molar-refractivity contribution in [3.8, 4) is 0 Å². The van der Waals surface area contributed by atoms with Gasteiger partial charge in [0.25, 0.3) is 0 Å². The summed E-state index contributed by atoms with van der Waals surface area (Å²) in [5.74, 6) is 2.06. The molecule has 0 aromatic carbocycles. The quantitative estimate of drug-likeness (QED) is 0.736. The Labute approximate surface area is 103 Å². The van der Waals surface area contributed by atoms with Gasteiger partial charge in [-0.05, 0) is 50.9 Å². The van der Waals surface area contributed by atoms with Crippen molar-refractivity contribution >= 4 is 5.82 Å². The van der Waals surface area contributed by atoms with Crippen LogP contribution in [0.3, 0.4) is 0 Å². The lowest BCUT2D eigenvalue weighted by Gasteiger charge is -2.37. The summed E-state index contributed by atoms with van der Waals surface area (Å²) in [6.45, 7) is 5.84. The molecule has 0 amide bonds. The van der Waals surface area contributed by atoms with E-state index in [1.165, 1.54) is 43.9 Å². The van der Waals surface area contributed by atoms with Gasteiger partial charge in [0.15, 0.2) is 0 Å². The number of nitrogens with zero attached hydrogens (tertiary/aromatic N) is 3. The number of rotatable bonds is 1. The van der Waals surface area contributed by atoms with Crippen LogP contribution in [0, 0.1) is 12.8 Å². The van der Waals surface area contributed by atoms with Crippen LogP contribution in [0.2, 0.25) is 0 Å². The zero-order chi connectivity index (χ0) is 11.8. The summed E-state index contributed by atoms with van der Waals surface area (Å²) in [7, 11) is 2.24. The van der Waals surface area contributed by atoms with Crippen LogP contribution in [0.5, 0.6) is 0 Å². The molecule has 3 rings (SSSR count). The molecular formula is C14H21N3. The SMILES string of the molecule is Cc1cccnc1N1CC[C@@H]2CN(C)CCC21. The lowest BCUT2D eigenvalue weighted by Crippen LogP contribution is -2.44. The van der Waals surface area contributed by atoms with E-state index < -0.39 is 0 Å². The number of anilines is 1. The Bertz CT molecular complexity index is 404. The Morgan fingerprint density at radius 1 is 1.29 bits per heavy atom. The second-order valence-electron chi connectivity index (χ2n) is 5.50. The molecule has 1 aromatic heterocycles. The summed E-state index contributed by atoms with van der Waals surface area (Å²) in [6, 6.07) is 4.92. The van der Waals surface area contributed by atoms with Crippen molar-refractivity contribution in [2.24, 2.45) is 5.92 Å². The van der Waals surface area contributed by atoms with E-state index in [9.17, 15) is 0 Å². The van der Waals surface area contributed by atoms with Crippen LogP contribution in [0.1, 0.15) is 18.4 Å². The second-order valence-corrected chi connectivity index (χ2v) is 5.50. The van der Waals surface area contributed by atoms with Gasteiger partial charge in [0.1, 0.15) is 5.82 Å². The number of aromatic nitrogens is 1. The first-order valence-electron chi connectivity index (χ1n) is 6.62. The van der Waals surface area contributed by atoms with Gasteiger partial charge in [-0.1, -0.05) is 6.07 Å². The molecule has 1 aromatic rings. The van der Waals surface area contributed by atoms with Gasteiger partial charge < -0.3 is 9.80 Å². The third-order valence-electron chi connectivity index (χ3n) is 4.29. The summed E-state index contributed by atoms with van der Waals surface area (Å²) >= 11 is 0. The third kappa shape index (κ3) is 1.93. The van der Waals surface area contributed by atoms with Crippen LogP contribution >= 0.6 is 0 Å². The molecule has 0 N–H and O–H groups in total. The molecular weight excluding hydrogens is 210 g/mol. The van der Waals surface area contributed by atoms with Crippen LogP contribution in [0.25, 0.3) is 0 Å². The molecule has 3 heterocycles. The number of piperidine rings is 1. The predicted molar refractivity (Wildman–Crippen MR) is 70.3 cm³/mol. The summed E-state index contributed by atoms with van der Waals surface area (Å²) in [5.41, 5.74) is 1.31. The summed E-state index contributed by atoms with van der Waals surface area (Å²) in [6.07, 6.45) is 4.53. The molecule has 0 saturated carbocycles. The molecule has 0 aliphatic carbocycles. The van der Waals surface area contributed by atoms with Crippen molar-refractivity contribution in [1.82, 2.24) is 9.88 Å². The maximum atomic E-state index is 4.58. The van der Waals surface area contributed by atoms with E-state index in [0.717, 1.165) is 12.0 Å². The summed E-state index contributed by atoms with van der Waals surface area (Å²) < 4.78 is 0. The zero-order valence-electron chi connectivity index (χ0n) is 10.8. The summed E-state index contributed by atoms with van der Waals surface area (Å²) in [5, 5.41) is 0. The first-order chi connectivity index (χ1) is 8.25. The topological polar surface area (TPSA) is 19.4 Å². The molecule has 3 heteroatoms. The van der Waals surface area contributed by atoms with Crippen molar-refractivity contribution in [3.05, 3.63) is 23.9 Å². The largest absolute Gasteiger partial charge is 0.353 e. The third-order valence-corrected chi connectivity index (χ3v) is 4.29. The maximum Gasteiger partial charge on any atom is 0.131 e. The van der Waals surface area contributed by atoms with Crippen LogP contribution in [-0.2, 0) is 0 Å². The fourth-order valence-corrected chi connectivity index (χ4v) is 3.41. The normalized spacial score (nSPS) is 29.4. The number of pyridine rings is 1. The molecule has 0 bridgehead atoms. The fraction of sp³-hybridized carbons (Fsp3) is 0.643. The van der Waals surface area contributed by atoms with Gasteiger partial charge in [-0.3, -0.25) is 0 Å². The van der Waals surface area contributed by atoms with Gasteiger partial charge in [-0.25, -0.2) is 4.98 Å². The standard InChI is InChI=1S/C14H21N3/c1-11-4-3-7-15-14(11)17-9-5-12-10-16(2)8-6-13(12)17/h3-4,7,12-13H,5-6,8-10H2,1-2H3/t12-,13?/m1/s1. The second kappa shape index (κ2) is 4.30. The van der Waals surface area contributed by atoms with Crippen molar-refractivity contribution < 1.29 is 0 Å². The number of aryl methyl sites for hydroxylation is 1. The van der Waals surface area contributed by atoms with E-state index in [0.29, 0.717) is 0 Å². The van der Waals surface area contributed by atoms with Crippen LogP contribution in [0.15, 0.2) is 18.3 Å². The highest BCUT2D eigenvalue weighted by molar-refractivity contribution is 5.48. The van der Waals surface area contributed by atoms with Crippen molar-refractivity contribution in [2.75, 3.05) is 31.6 Å². The van der Waals surface area contributed by atoms with E-state index in [4.69, 9.17) is 0 Å². The minimum absolute atomic E-state index is 0.722. The number of hydrogen-bond donors (Lipinski definition) is 0. The smallest absolute Gasteiger partial charge is 0.131 e. The molecule has 0 radical (unpaired) electrons. The van der Waals surface area contributed by atoms with Crippen molar-refractivity contribution in [3.63, 3.8) is 0 Å². The lowest BCUT2D eigenvalue weighted by atomic mass is 9.93. The van der Waals surface area contributed by atoms with E-state index >= 15 is 0 Å². The Balaban J connectivity index is 1.84. The molecule has 2 aliphatic rings. The molecule has 2 saturated heterocycles. The van der Waals surface area contributed by atoms with E-state index in [-0.39, 0.29) is 0 Å². The van der Waals surface area contributed by atoms with Gasteiger partial charge in [0, 0.05) is 25.3 Å². The predicted octanol–water partition coefficient (Wildman–Crippen LogP) is 1.92. The molecule has 92 valence electrons. The van der Waals surface area contributed by atoms with Crippen LogP contribution in [-0.4, -0.2) is 42.6 Å². The number of hydrogen-bond acceptors (Lipinski definition) is 3. The first kappa shape index (κ1) is 11.0. The van der Waals surface area contributed by atoms with E-state index in [2.05, 4.69) is 34.8 Å². The van der Waals surface area contributed by atoms with Crippen molar-refractivity contribution in [1.29, 1.82) is 0 Å². The number of likely N-dealkylation sites (tertiary alicyclic amines) is 1. The lowest BCUT2D eigenvalue weighted by molar-refractivity contribution is 0.202. The molecule has 17 heavy (non-hydrogen) atoms. The highest BCUT2D eigenvalue weighted by Crippen LogP contribution is 2.34. The van der Waals surface area contributed by atoms with Crippen LogP contribution in [0.4, 0.5) is 5.82 Å². The van der Waals surface area contributed by atoms with Crippen molar-refractivity contribution in [2.45, 2.75) is 25.8 Å². The van der Waals surface area contributed by atoms with E-state index in [1.54, 1.807) is 0 Å². The average Bonchev–Trinajstić information content (AvgIpc) is 2.72. The van der Waals surface area contributed by atoms with Gasteiger partial charge in [-0.2, -0.15) is 0 Å². The summed E-state index contributed by atoms with van der Waals surface area (Å²) in [4.78, 5) is 9.60. The minimum atomic E-state index is 0.722. The fourth-order valence-electron chi connectivity index (χ4n) is 3.41.